The molecule has 1 N–H and O–H groups in total. The molecule has 0 radical (unpaired) electrons. The highest BCUT2D eigenvalue weighted by Gasteiger charge is 2.04. The van der Waals surface area contributed by atoms with Gasteiger partial charge in [0.25, 0.3) is 0 Å². The van der Waals surface area contributed by atoms with Crippen LogP contribution >= 0.6 is 0 Å². The van der Waals surface area contributed by atoms with Gasteiger partial charge in [-0.15, -0.1) is 0 Å². The Morgan fingerprint density at radius 3 is 2.42 bits per heavy atom. The molecule has 2 heteroatoms. The Labute approximate surface area is 116 Å². The quantitative estimate of drug-likeness (QED) is 0.758. The van der Waals surface area contributed by atoms with E-state index >= 15 is 0 Å². The Hall–Kier alpha value is -2.09. The second-order valence-electron chi connectivity index (χ2n) is 4.84. The minimum Gasteiger partial charge on any atom is -0.344 e. The monoisotopic (exact) mass is 254 g/mol. The Balaban J connectivity index is 3.19. The number of hydrogen-bond donors (Lipinski definition) is 1. The number of hydrogen-bond acceptors (Lipinski definition) is 2. The maximum absolute atomic E-state index is 4.62. The van der Waals surface area contributed by atoms with Crippen LogP contribution in [0, 0.1) is 6.92 Å². The van der Waals surface area contributed by atoms with Crippen molar-refractivity contribution >= 4 is 11.4 Å². The number of aromatic nitrogens is 1. The van der Waals surface area contributed by atoms with Gasteiger partial charge in [-0.1, -0.05) is 43.0 Å². The summed E-state index contributed by atoms with van der Waals surface area (Å²) in [4.78, 5) is 4.62. The third-order valence-electron chi connectivity index (χ3n) is 2.54. The van der Waals surface area contributed by atoms with Gasteiger partial charge in [-0.25, -0.2) is 4.98 Å². The fourth-order valence-corrected chi connectivity index (χ4v) is 1.53. The number of aryl methyl sites for hydroxylation is 1. The van der Waals surface area contributed by atoms with Crippen LogP contribution < -0.4 is 5.32 Å². The van der Waals surface area contributed by atoms with Crippen LogP contribution in [-0.4, -0.2) is 4.98 Å². The summed E-state index contributed by atoms with van der Waals surface area (Å²) in [5, 5.41) is 3.17. The fourth-order valence-electron chi connectivity index (χ4n) is 1.53. The lowest BCUT2D eigenvalue weighted by Gasteiger charge is -2.10. The van der Waals surface area contributed by atoms with Crippen molar-refractivity contribution in [1.29, 1.82) is 0 Å². The molecule has 0 bridgehead atoms. The predicted octanol–water partition coefficient (Wildman–Crippen LogP) is 4.87. The van der Waals surface area contributed by atoms with Crippen LogP contribution in [0.4, 0.5) is 5.82 Å². The molecule has 0 amide bonds. The predicted molar refractivity (Wildman–Crippen MR) is 85.0 cm³/mol. The van der Waals surface area contributed by atoms with Gasteiger partial charge in [0, 0.05) is 5.70 Å². The molecule has 1 heterocycles. The zero-order valence-corrected chi connectivity index (χ0v) is 12.2. The van der Waals surface area contributed by atoms with Crippen molar-refractivity contribution in [3.05, 3.63) is 66.0 Å². The SMILES string of the molecule is C=C/C(=C\C=C(C)C)c1ccc(C)c(NC(=C)C)n1. The second kappa shape index (κ2) is 6.74. The Bertz CT molecular complexity index is 544. The van der Waals surface area contributed by atoms with E-state index in [4.69, 9.17) is 0 Å². The van der Waals surface area contributed by atoms with Gasteiger partial charge in [0.05, 0.1) is 5.69 Å². The van der Waals surface area contributed by atoms with E-state index < -0.39 is 0 Å². The molecule has 0 aromatic carbocycles. The highest BCUT2D eigenvalue weighted by atomic mass is 15.0. The average molecular weight is 254 g/mol. The van der Waals surface area contributed by atoms with Crippen LogP contribution in [0.2, 0.25) is 0 Å². The molecule has 0 aliphatic carbocycles. The molecule has 0 aliphatic rings. The van der Waals surface area contributed by atoms with Crippen molar-refractivity contribution in [3.8, 4) is 0 Å². The van der Waals surface area contributed by atoms with E-state index in [0.717, 1.165) is 28.3 Å². The Kier molecular flexibility index (Phi) is 5.31. The number of anilines is 1. The largest absolute Gasteiger partial charge is 0.344 e. The van der Waals surface area contributed by atoms with Crippen molar-refractivity contribution in [1.82, 2.24) is 4.98 Å². The van der Waals surface area contributed by atoms with Gasteiger partial charge in [0.1, 0.15) is 5.82 Å². The molecule has 0 saturated carbocycles. The van der Waals surface area contributed by atoms with Crippen LogP contribution in [0.1, 0.15) is 32.0 Å². The number of allylic oxidation sites excluding steroid dienone is 6. The molecular weight excluding hydrogens is 232 g/mol. The smallest absolute Gasteiger partial charge is 0.133 e. The number of rotatable bonds is 5. The Morgan fingerprint density at radius 2 is 1.89 bits per heavy atom. The highest BCUT2D eigenvalue weighted by Crippen LogP contribution is 2.20. The molecule has 1 rings (SSSR count). The minimum absolute atomic E-state index is 0.843. The number of pyridine rings is 1. The van der Waals surface area contributed by atoms with E-state index in [1.165, 1.54) is 5.57 Å². The molecule has 19 heavy (non-hydrogen) atoms. The molecule has 0 fully saturated rings. The second-order valence-corrected chi connectivity index (χ2v) is 4.84. The van der Waals surface area contributed by atoms with E-state index in [2.05, 4.69) is 43.4 Å². The summed E-state index contributed by atoms with van der Waals surface area (Å²) in [5.41, 5.74) is 5.12. The molecule has 0 spiro atoms. The third-order valence-corrected chi connectivity index (χ3v) is 2.54. The van der Waals surface area contributed by atoms with Gasteiger partial charge in [-0.3, -0.25) is 0 Å². The molecular formula is C17H22N2. The van der Waals surface area contributed by atoms with E-state index in [0.29, 0.717) is 0 Å². The summed E-state index contributed by atoms with van der Waals surface area (Å²) in [6, 6.07) is 4.05. The minimum atomic E-state index is 0.843. The summed E-state index contributed by atoms with van der Waals surface area (Å²) in [7, 11) is 0. The van der Waals surface area contributed by atoms with Gasteiger partial charge < -0.3 is 5.32 Å². The highest BCUT2D eigenvalue weighted by molar-refractivity contribution is 5.73. The van der Waals surface area contributed by atoms with Gasteiger partial charge in [-0.05, 0) is 44.9 Å². The average Bonchev–Trinajstić information content (AvgIpc) is 2.32. The molecule has 0 unspecified atom stereocenters. The molecule has 0 aliphatic heterocycles. The standard InChI is InChI=1S/C17H22N2/c1-7-15(10-8-12(2)3)16-11-9-14(6)17(19-16)18-13(4)5/h7-11H,1,4H2,2-3,5-6H3,(H,18,19)/b15-10+. The molecule has 2 nitrogen and oxygen atoms in total. The van der Waals surface area contributed by atoms with E-state index in [9.17, 15) is 0 Å². The van der Waals surface area contributed by atoms with E-state index in [1.807, 2.05) is 38.1 Å². The van der Waals surface area contributed by atoms with Gasteiger partial charge >= 0.3 is 0 Å². The lowest BCUT2D eigenvalue weighted by Crippen LogP contribution is -2.01. The van der Waals surface area contributed by atoms with Crippen LogP contribution in [0.5, 0.6) is 0 Å². The maximum Gasteiger partial charge on any atom is 0.133 e. The van der Waals surface area contributed by atoms with Crippen molar-refractivity contribution in [2.75, 3.05) is 5.32 Å². The summed E-state index contributed by atoms with van der Waals surface area (Å²) < 4.78 is 0. The first-order chi connectivity index (χ1) is 8.93. The van der Waals surface area contributed by atoms with Crippen LogP contribution in [-0.2, 0) is 0 Å². The molecule has 0 atom stereocenters. The fraction of sp³-hybridized carbons (Fsp3) is 0.235. The first-order valence-corrected chi connectivity index (χ1v) is 6.32. The van der Waals surface area contributed by atoms with Crippen LogP contribution in [0.25, 0.3) is 5.57 Å². The first kappa shape index (κ1) is 15.0. The summed E-state index contributed by atoms with van der Waals surface area (Å²) in [6.07, 6.45) is 5.91. The van der Waals surface area contributed by atoms with E-state index in [1.54, 1.807) is 0 Å². The van der Waals surface area contributed by atoms with E-state index in [-0.39, 0.29) is 0 Å². The topological polar surface area (TPSA) is 24.9 Å². The van der Waals surface area contributed by atoms with Crippen molar-refractivity contribution in [2.24, 2.45) is 0 Å². The lowest BCUT2D eigenvalue weighted by molar-refractivity contribution is 1.20. The summed E-state index contributed by atoms with van der Waals surface area (Å²) in [6.45, 7) is 15.8. The van der Waals surface area contributed by atoms with Crippen LogP contribution in [0.15, 0.2) is 54.8 Å². The van der Waals surface area contributed by atoms with Crippen molar-refractivity contribution in [3.63, 3.8) is 0 Å². The lowest BCUT2D eigenvalue weighted by atomic mass is 10.1. The number of nitrogens with zero attached hydrogens (tertiary/aromatic N) is 1. The Morgan fingerprint density at radius 1 is 1.21 bits per heavy atom. The molecule has 1 aromatic rings. The summed E-state index contributed by atoms with van der Waals surface area (Å²) in [5.74, 6) is 0.843. The molecule has 100 valence electrons. The normalized spacial score (nSPS) is 10.8. The van der Waals surface area contributed by atoms with Crippen LogP contribution in [0.3, 0.4) is 0 Å². The first-order valence-electron chi connectivity index (χ1n) is 6.32. The van der Waals surface area contributed by atoms with Crippen molar-refractivity contribution < 1.29 is 0 Å². The maximum atomic E-state index is 4.62. The van der Waals surface area contributed by atoms with Gasteiger partial charge in [0.15, 0.2) is 0 Å². The molecule has 1 aromatic heterocycles. The zero-order chi connectivity index (χ0) is 14.4. The molecule has 0 saturated heterocycles. The summed E-state index contributed by atoms with van der Waals surface area (Å²) >= 11 is 0. The number of nitrogens with one attached hydrogen (secondary N) is 1. The zero-order valence-electron chi connectivity index (χ0n) is 12.2. The van der Waals surface area contributed by atoms with Gasteiger partial charge in [0.2, 0.25) is 0 Å². The third kappa shape index (κ3) is 4.59. The van der Waals surface area contributed by atoms with Crippen molar-refractivity contribution in [2.45, 2.75) is 27.7 Å². The van der Waals surface area contributed by atoms with Gasteiger partial charge in [-0.2, -0.15) is 0 Å².